The predicted molar refractivity (Wildman–Crippen MR) is 62.6 cm³/mol. The lowest BCUT2D eigenvalue weighted by atomic mass is 10.00. The summed E-state index contributed by atoms with van der Waals surface area (Å²) in [7, 11) is 0. The number of imidazole rings is 1. The summed E-state index contributed by atoms with van der Waals surface area (Å²) in [5, 5.41) is 0. The van der Waals surface area contributed by atoms with Gasteiger partial charge in [-0.25, -0.2) is 4.98 Å². The van der Waals surface area contributed by atoms with Crippen LogP contribution in [-0.4, -0.2) is 9.97 Å². The molecule has 2 heteroatoms. The monoisotopic (exact) mass is 198 g/mol. The SMILES string of the molecule is C=C(c1ccc(C)c(C)c1)c1cnc[nH]1. The van der Waals surface area contributed by atoms with Crippen molar-refractivity contribution in [2.75, 3.05) is 0 Å². The van der Waals surface area contributed by atoms with Gasteiger partial charge in [0.25, 0.3) is 0 Å². The minimum atomic E-state index is 0.971. The van der Waals surface area contributed by atoms with Crippen molar-refractivity contribution in [1.29, 1.82) is 0 Å². The quantitative estimate of drug-likeness (QED) is 0.789. The third kappa shape index (κ3) is 1.84. The molecule has 0 spiro atoms. The molecule has 0 amide bonds. The smallest absolute Gasteiger partial charge is 0.0924 e. The molecule has 2 rings (SSSR count). The van der Waals surface area contributed by atoms with Crippen LogP contribution >= 0.6 is 0 Å². The summed E-state index contributed by atoms with van der Waals surface area (Å²) >= 11 is 0. The fourth-order valence-corrected chi connectivity index (χ4v) is 1.51. The van der Waals surface area contributed by atoms with E-state index >= 15 is 0 Å². The standard InChI is InChI=1S/C13H14N2/c1-9-4-5-12(6-10(9)2)11(3)13-7-14-8-15-13/h4-8H,3H2,1-2H3,(H,14,15). The molecule has 1 aromatic heterocycles. The van der Waals surface area contributed by atoms with Crippen LogP contribution < -0.4 is 0 Å². The van der Waals surface area contributed by atoms with E-state index in [1.807, 2.05) is 0 Å². The molecular formula is C13H14N2. The number of hydrogen-bond acceptors (Lipinski definition) is 1. The molecule has 76 valence electrons. The van der Waals surface area contributed by atoms with E-state index in [9.17, 15) is 0 Å². The van der Waals surface area contributed by atoms with Crippen LogP contribution in [0, 0.1) is 13.8 Å². The first-order valence-corrected chi connectivity index (χ1v) is 4.94. The Morgan fingerprint density at radius 3 is 2.67 bits per heavy atom. The summed E-state index contributed by atoms with van der Waals surface area (Å²) in [6, 6.07) is 6.36. The average molecular weight is 198 g/mol. The predicted octanol–water partition coefficient (Wildman–Crippen LogP) is 3.09. The third-order valence-electron chi connectivity index (χ3n) is 2.68. The lowest BCUT2D eigenvalue weighted by molar-refractivity contribution is 1.29. The Bertz CT molecular complexity index is 481. The van der Waals surface area contributed by atoms with Crippen LogP contribution in [0.15, 0.2) is 37.3 Å². The molecular weight excluding hydrogens is 184 g/mol. The number of nitrogens with one attached hydrogen (secondary N) is 1. The minimum Gasteiger partial charge on any atom is -0.345 e. The van der Waals surface area contributed by atoms with Crippen molar-refractivity contribution in [3.63, 3.8) is 0 Å². The maximum atomic E-state index is 4.07. The second kappa shape index (κ2) is 3.73. The lowest BCUT2D eigenvalue weighted by Gasteiger charge is -2.06. The van der Waals surface area contributed by atoms with E-state index in [4.69, 9.17) is 0 Å². The highest BCUT2D eigenvalue weighted by Gasteiger charge is 2.04. The molecule has 0 aliphatic rings. The van der Waals surface area contributed by atoms with Gasteiger partial charge in [0.2, 0.25) is 0 Å². The lowest BCUT2D eigenvalue weighted by Crippen LogP contribution is -1.89. The van der Waals surface area contributed by atoms with Gasteiger partial charge in [-0.3, -0.25) is 0 Å². The highest BCUT2D eigenvalue weighted by atomic mass is 14.9. The Hall–Kier alpha value is -1.83. The Kier molecular flexibility index (Phi) is 2.42. The molecule has 0 aliphatic carbocycles. The first-order chi connectivity index (χ1) is 7.18. The van der Waals surface area contributed by atoms with E-state index in [-0.39, 0.29) is 0 Å². The number of hydrogen-bond donors (Lipinski definition) is 1. The summed E-state index contributed by atoms with van der Waals surface area (Å²) in [6.07, 6.45) is 3.46. The number of aromatic amines is 1. The number of nitrogens with zero attached hydrogens (tertiary/aromatic N) is 1. The number of H-pyrrole nitrogens is 1. The van der Waals surface area contributed by atoms with E-state index in [2.05, 4.69) is 48.6 Å². The van der Waals surface area contributed by atoms with Gasteiger partial charge in [-0.05, 0) is 36.1 Å². The molecule has 1 N–H and O–H groups in total. The van der Waals surface area contributed by atoms with Gasteiger partial charge in [0.15, 0.2) is 0 Å². The van der Waals surface area contributed by atoms with Crippen LogP contribution in [0.25, 0.3) is 5.57 Å². The average Bonchev–Trinajstić information content (AvgIpc) is 2.74. The molecule has 0 bridgehead atoms. The normalized spacial score (nSPS) is 10.3. The number of aryl methyl sites for hydroxylation is 2. The third-order valence-corrected chi connectivity index (χ3v) is 2.68. The maximum Gasteiger partial charge on any atom is 0.0924 e. The Balaban J connectivity index is 2.39. The summed E-state index contributed by atoms with van der Waals surface area (Å²) in [4.78, 5) is 7.05. The van der Waals surface area contributed by atoms with Gasteiger partial charge < -0.3 is 4.98 Å². The molecule has 0 unspecified atom stereocenters. The molecule has 2 nitrogen and oxygen atoms in total. The van der Waals surface area contributed by atoms with Crippen LogP contribution in [0.4, 0.5) is 0 Å². The zero-order valence-electron chi connectivity index (χ0n) is 9.04. The fourth-order valence-electron chi connectivity index (χ4n) is 1.51. The molecule has 0 aliphatic heterocycles. The van der Waals surface area contributed by atoms with Gasteiger partial charge >= 0.3 is 0 Å². The van der Waals surface area contributed by atoms with Gasteiger partial charge in [-0.15, -0.1) is 0 Å². The van der Waals surface area contributed by atoms with E-state index in [1.165, 1.54) is 11.1 Å². The number of rotatable bonds is 2. The molecule has 0 radical (unpaired) electrons. The summed E-state index contributed by atoms with van der Waals surface area (Å²) in [6.45, 7) is 8.29. The number of benzene rings is 1. The minimum absolute atomic E-state index is 0.971. The van der Waals surface area contributed by atoms with Crippen LogP contribution in [-0.2, 0) is 0 Å². The van der Waals surface area contributed by atoms with Gasteiger partial charge in [0.05, 0.1) is 18.2 Å². The zero-order valence-corrected chi connectivity index (χ0v) is 9.04. The number of aromatic nitrogens is 2. The van der Waals surface area contributed by atoms with Gasteiger partial charge in [0.1, 0.15) is 0 Å². The molecule has 1 heterocycles. The van der Waals surface area contributed by atoms with E-state index in [1.54, 1.807) is 12.5 Å². The van der Waals surface area contributed by atoms with E-state index < -0.39 is 0 Å². The van der Waals surface area contributed by atoms with Crippen molar-refractivity contribution < 1.29 is 0 Å². The van der Waals surface area contributed by atoms with Crippen LogP contribution in [0.5, 0.6) is 0 Å². The van der Waals surface area contributed by atoms with Crippen LogP contribution in [0.3, 0.4) is 0 Å². The second-order valence-corrected chi connectivity index (χ2v) is 3.74. The largest absolute Gasteiger partial charge is 0.345 e. The molecule has 0 fully saturated rings. The van der Waals surface area contributed by atoms with E-state index in [0.29, 0.717) is 0 Å². The molecule has 2 aromatic rings. The van der Waals surface area contributed by atoms with Crippen LogP contribution in [0.2, 0.25) is 0 Å². The van der Waals surface area contributed by atoms with Gasteiger partial charge in [0, 0.05) is 0 Å². The van der Waals surface area contributed by atoms with E-state index in [0.717, 1.165) is 16.8 Å². The van der Waals surface area contributed by atoms with Crippen molar-refractivity contribution in [1.82, 2.24) is 9.97 Å². The van der Waals surface area contributed by atoms with Crippen molar-refractivity contribution in [3.8, 4) is 0 Å². The molecule has 15 heavy (non-hydrogen) atoms. The molecule has 0 saturated carbocycles. The Morgan fingerprint density at radius 1 is 1.27 bits per heavy atom. The van der Waals surface area contributed by atoms with Gasteiger partial charge in [-0.2, -0.15) is 0 Å². The van der Waals surface area contributed by atoms with Gasteiger partial charge in [-0.1, -0.05) is 24.8 Å². The molecule has 1 aromatic carbocycles. The summed E-state index contributed by atoms with van der Waals surface area (Å²) in [5.41, 5.74) is 5.68. The second-order valence-electron chi connectivity index (χ2n) is 3.74. The molecule has 0 saturated heterocycles. The van der Waals surface area contributed by atoms with Crippen LogP contribution in [0.1, 0.15) is 22.4 Å². The first-order valence-electron chi connectivity index (χ1n) is 4.94. The van der Waals surface area contributed by atoms with Crippen molar-refractivity contribution in [2.24, 2.45) is 0 Å². The fraction of sp³-hybridized carbons (Fsp3) is 0.154. The highest BCUT2D eigenvalue weighted by Crippen LogP contribution is 2.21. The Labute approximate surface area is 89.7 Å². The first kappa shape index (κ1) is 9.71. The Morgan fingerprint density at radius 2 is 2.07 bits per heavy atom. The topological polar surface area (TPSA) is 28.7 Å². The summed E-state index contributed by atoms with van der Waals surface area (Å²) in [5.74, 6) is 0. The summed E-state index contributed by atoms with van der Waals surface area (Å²) < 4.78 is 0. The highest BCUT2D eigenvalue weighted by molar-refractivity contribution is 5.76. The zero-order chi connectivity index (χ0) is 10.8. The maximum absolute atomic E-state index is 4.07. The van der Waals surface area contributed by atoms with Crippen molar-refractivity contribution in [2.45, 2.75) is 13.8 Å². The molecule has 0 atom stereocenters. The van der Waals surface area contributed by atoms with Crippen molar-refractivity contribution in [3.05, 3.63) is 59.7 Å². The van der Waals surface area contributed by atoms with Crippen molar-refractivity contribution >= 4 is 5.57 Å².